The van der Waals surface area contributed by atoms with Crippen LogP contribution in [0.15, 0.2) is 168 Å². The maximum atomic E-state index is 6.42. The van der Waals surface area contributed by atoms with E-state index in [1.54, 1.807) is 0 Å². The summed E-state index contributed by atoms with van der Waals surface area (Å²) in [5, 5.41) is 9.17. The molecule has 0 bridgehead atoms. The summed E-state index contributed by atoms with van der Waals surface area (Å²) in [7, 11) is 0. The van der Waals surface area contributed by atoms with E-state index in [2.05, 4.69) is 133 Å². The SMILES string of the molecule is c1ccc2cc(-c3ccc4cc(-c5nc(-c6ccc7ccccc7c6)nc(-c6cccc7c6oc6ccccc67)n5)ccc4c3)ccc2c1. The first kappa shape index (κ1) is 27.5. The Bertz CT molecular complexity index is 2900. The molecule has 0 atom stereocenters. The molecule has 0 aliphatic carbocycles. The molecular formula is C45H27N3O. The van der Waals surface area contributed by atoms with Crippen LogP contribution in [0.5, 0.6) is 0 Å². The van der Waals surface area contributed by atoms with Crippen molar-refractivity contribution in [3.63, 3.8) is 0 Å². The van der Waals surface area contributed by atoms with Crippen molar-refractivity contribution in [1.29, 1.82) is 0 Å². The van der Waals surface area contributed by atoms with Gasteiger partial charge in [0.15, 0.2) is 17.5 Å². The monoisotopic (exact) mass is 625 g/mol. The van der Waals surface area contributed by atoms with Gasteiger partial charge in [-0.1, -0.05) is 127 Å². The predicted octanol–water partition coefficient (Wildman–Crippen LogP) is 11.9. The summed E-state index contributed by atoms with van der Waals surface area (Å²) < 4.78 is 6.42. The van der Waals surface area contributed by atoms with E-state index in [0.29, 0.717) is 17.5 Å². The van der Waals surface area contributed by atoms with Crippen molar-refractivity contribution in [1.82, 2.24) is 15.0 Å². The van der Waals surface area contributed by atoms with Crippen LogP contribution in [0.25, 0.3) is 99.5 Å². The second kappa shape index (κ2) is 11.0. The Morgan fingerprint density at radius 2 is 0.776 bits per heavy atom. The lowest BCUT2D eigenvalue weighted by molar-refractivity contribution is 0.669. The van der Waals surface area contributed by atoms with Crippen molar-refractivity contribution in [2.24, 2.45) is 0 Å². The molecule has 0 aliphatic heterocycles. The third kappa shape index (κ3) is 4.73. The van der Waals surface area contributed by atoms with Gasteiger partial charge in [-0.05, 0) is 79.8 Å². The van der Waals surface area contributed by atoms with Crippen LogP contribution in [-0.4, -0.2) is 15.0 Å². The summed E-state index contributed by atoms with van der Waals surface area (Å²) in [5.74, 6) is 1.80. The minimum atomic E-state index is 0.574. The summed E-state index contributed by atoms with van der Waals surface area (Å²) in [6, 6.07) is 57.2. The summed E-state index contributed by atoms with van der Waals surface area (Å²) in [6.45, 7) is 0. The summed E-state index contributed by atoms with van der Waals surface area (Å²) >= 11 is 0. The highest BCUT2D eigenvalue weighted by Gasteiger charge is 2.18. The van der Waals surface area contributed by atoms with E-state index in [-0.39, 0.29) is 0 Å². The van der Waals surface area contributed by atoms with Crippen LogP contribution < -0.4 is 0 Å². The second-order valence-electron chi connectivity index (χ2n) is 12.5. The first-order valence-corrected chi connectivity index (χ1v) is 16.4. The van der Waals surface area contributed by atoms with Gasteiger partial charge in [0.2, 0.25) is 0 Å². The standard InChI is InChI=1S/C45H27N3O/c1-3-10-30-24-32(18-16-28(30)8-1)33-19-20-35-27-37(23-21-34(35)25-33)44-46-43(36-22-17-29-9-2-4-11-31(29)26-36)47-45(48-44)40-14-7-13-39-38-12-5-6-15-41(38)49-42(39)40/h1-27H. The van der Waals surface area contributed by atoms with Crippen molar-refractivity contribution >= 4 is 54.3 Å². The van der Waals surface area contributed by atoms with E-state index >= 15 is 0 Å². The topological polar surface area (TPSA) is 51.8 Å². The van der Waals surface area contributed by atoms with Crippen molar-refractivity contribution < 1.29 is 4.42 Å². The van der Waals surface area contributed by atoms with E-state index < -0.39 is 0 Å². The summed E-state index contributed by atoms with van der Waals surface area (Å²) in [4.78, 5) is 15.3. The molecule has 4 nitrogen and oxygen atoms in total. The third-order valence-electron chi connectivity index (χ3n) is 9.47. The van der Waals surface area contributed by atoms with Crippen molar-refractivity contribution in [2.75, 3.05) is 0 Å². The fourth-order valence-corrected chi connectivity index (χ4v) is 6.94. The molecule has 2 aromatic heterocycles. The van der Waals surface area contributed by atoms with Crippen LogP contribution in [0.1, 0.15) is 0 Å². The van der Waals surface area contributed by atoms with E-state index in [1.165, 1.54) is 27.3 Å². The molecule has 0 N–H and O–H groups in total. The fraction of sp³-hybridized carbons (Fsp3) is 0. The van der Waals surface area contributed by atoms with Gasteiger partial charge in [-0.2, -0.15) is 0 Å². The molecule has 2 heterocycles. The maximum absolute atomic E-state index is 6.42. The molecule has 0 fully saturated rings. The molecule has 8 aromatic carbocycles. The number of benzene rings is 8. The Kier molecular flexibility index (Phi) is 6.15. The molecule has 0 amide bonds. The molecule has 0 saturated carbocycles. The van der Waals surface area contributed by atoms with Crippen LogP contribution in [0.3, 0.4) is 0 Å². The minimum absolute atomic E-state index is 0.574. The fourth-order valence-electron chi connectivity index (χ4n) is 6.94. The van der Waals surface area contributed by atoms with E-state index in [1.807, 2.05) is 30.3 Å². The van der Waals surface area contributed by atoms with Gasteiger partial charge in [0, 0.05) is 21.9 Å². The molecule has 228 valence electrons. The lowest BCUT2D eigenvalue weighted by atomic mass is 9.98. The summed E-state index contributed by atoms with van der Waals surface area (Å²) in [6.07, 6.45) is 0. The number of nitrogens with zero attached hydrogens (tertiary/aromatic N) is 3. The van der Waals surface area contributed by atoms with Crippen LogP contribution in [0, 0.1) is 0 Å². The van der Waals surface area contributed by atoms with Gasteiger partial charge >= 0.3 is 0 Å². The number of aromatic nitrogens is 3. The lowest BCUT2D eigenvalue weighted by Crippen LogP contribution is -2.00. The Morgan fingerprint density at radius 3 is 1.41 bits per heavy atom. The molecule has 4 heteroatoms. The van der Waals surface area contributed by atoms with Crippen LogP contribution >= 0.6 is 0 Å². The molecule has 0 aliphatic rings. The van der Waals surface area contributed by atoms with Gasteiger partial charge in [-0.3, -0.25) is 0 Å². The van der Waals surface area contributed by atoms with Crippen LogP contribution in [0.4, 0.5) is 0 Å². The number of hydrogen-bond donors (Lipinski definition) is 0. The number of para-hydroxylation sites is 2. The second-order valence-corrected chi connectivity index (χ2v) is 12.5. The highest BCUT2D eigenvalue weighted by molar-refractivity contribution is 6.09. The smallest absolute Gasteiger partial charge is 0.167 e. The van der Waals surface area contributed by atoms with Gasteiger partial charge < -0.3 is 4.42 Å². The molecule has 0 saturated heterocycles. The van der Waals surface area contributed by atoms with Gasteiger partial charge in [0.25, 0.3) is 0 Å². The molecule has 49 heavy (non-hydrogen) atoms. The zero-order chi connectivity index (χ0) is 32.3. The van der Waals surface area contributed by atoms with E-state index in [0.717, 1.165) is 54.8 Å². The molecule has 0 radical (unpaired) electrons. The molecule has 0 unspecified atom stereocenters. The minimum Gasteiger partial charge on any atom is -0.455 e. The van der Waals surface area contributed by atoms with Gasteiger partial charge in [0.05, 0.1) is 5.56 Å². The first-order chi connectivity index (χ1) is 24.2. The van der Waals surface area contributed by atoms with Crippen molar-refractivity contribution in [3.8, 4) is 45.3 Å². The van der Waals surface area contributed by atoms with Crippen LogP contribution in [-0.2, 0) is 0 Å². The molecule has 0 spiro atoms. The number of fused-ring (bicyclic) bond motifs is 6. The van der Waals surface area contributed by atoms with E-state index in [9.17, 15) is 0 Å². The lowest BCUT2D eigenvalue weighted by Gasteiger charge is -2.11. The quantitative estimate of drug-likeness (QED) is 0.195. The molecule has 10 rings (SSSR count). The average Bonchev–Trinajstić information content (AvgIpc) is 3.56. The molecular weight excluding hydrogens is 599 g/mol. The Morgan fingerprint density at radius 1 is 0.327 bits per heavy atom. The maximum Gasteiger partial charge on any atom is 0.167 e. The third-order valence-corrected chi connectivity index (χ3v) is 9.47. The highest BCUT2D eigenvalue weighted by Crippen LogP contribution is 2.36. The Labute approximate surface area is 282 Å². The average molecular weight is 626 g/mol. The normalized spacial score (nSPS) is 11.7. The van der Waals surface area contributed by atoms with E-state index in [4.69, 9.17) is 19.4 Å². The summed E-state index contributed by atoms with van der Waals surface area (Å²) in [5.41, 5.74) is 6.68. The van der Waals surface area contributed by atoms with Gasteiger partial charge in [0.1, 0.15) is 11.2 Å². The Balaban J connectivity index is 1.13. The van der Waals surface area contributed by atoms with Gasteiger partial charge in [-0.25, -0.2) is 15.0 Å². The predicted molar refractivity (Wildman–Crippen MR) is 201 cm³/mol. The highest BCUT2D eigenvalue weighted by atomic mass is 16.3. The van der Waals surface area contributed by atoms with Crippen molar-refractivity contribution in [3.05, 3.63) is 164 Å². The number of rotatable bonds is 4. The zero-order valence-corrected chi connectivity index (χ0v) is 26.3. The Hall–Kier alpha value is -6.65. The first-order valence-electron chi connectivity index (χ1n) is 16.4. The van der Waals surface area contributed by atoms with Gasteiger partial charge in [-0.15, -0.1) is 0 Å². The number of hydrogen-bond acceptors (Lipinski definition) is 4. The van der Waals surface area contributed by atoms with Crippen molar-refractivity contribution in [2.45, 2.75) is 0 Å². The number of furan rings is 1. The molecule has 10 aromatic rings. The zero-order valence-electron chi connectivity index (χ0n) is 26.3. The largest absolute Gasteiger partial charge is 0.455 e. The van der Waals surface area contributed by atoms with Crippen LogP contribution in [0.2, 0.25) is 0 Å².